The van der Waals surface area contributed by atoms with Gasteiger partial charge in [0.1, 0.15) is 0 Å². The molecule has 0 spiro atoms. The van der Waals surface area contributed by atoms with E-state index >= 15 is 0 Å². The summed E-state index contributed by atoms with van der Waals surface area (Å²) in [6.07, 6.45) is 6.89. The van der Waals surface area contributed by atoms with E-state index in [4.69, 9.17) is 11.6 Å². The zero-order chi connectivity index (χ0) is 12.5. The van der Waals surface area contributed by atoms with Crippen LogP contribution in [0.4, 0.5) is 0 Å². The predicted octanol–water partition coefficient (Wildman–Crippen LogP) is 4.57. The Labute approximate surface area is 115 Å². The van der Waals surface area contributed by atoms with Gasteiger partial charge in [0.05, 0.1) is 0 Å². The average Bonchev–Trinajstić information content (AvgIpc) is 3.26. The fourth-order valence-electron chi connectivity index (χ4n) is 2.94. The molecule has 2 aliphatic carbocycles. The second-order valence-corrected chi connectivity index (χ2v) is 6.32. The third-order valence-electron chi connectivity index (χ3n) is 4.33. The van der Waals surface area contributed by atoms with E-state index in [1.807, 2.05) is 12.1 Å². The number of hydrogen-bond donors (Lipinski definition) is 1. The predicted molar refractivity (Wildman–Crippen MR) is 76.9 cm³/mol. The van der Waals surface area contributed by atoms with Crippen molar-refractivity contribution in [3.8, 4) is 0 Å². The maximum absolute atomic E-state index is 5.97. The van der Waals surface area contributed by atoms with Crippen molar-refractivity contribution in [1.29, 1.82) is 0 Å². The molecule has 1 atom stereocenters. The summed E-state index contributed by atoms with van der Waals surface area (Å²) >= 11 is 5.97. The normalized spacial score (nSPS) is 21.3. The zero-order valence-corrected chi connectivity index (χ0v) is 11.8. The van der Waals surface area contributed by atoms with E-state index in [0.717, 1.165) is 29.3 Å². The highest BCUT2D eigenvalue weighted by atomic mass is 35.5. The van der Waals surface area contributed by atoms with Crippen LogP contribution in [0.2, 0.25) is 5.02 Å². The molecule has 2 fully saturated rings. The topological polar surface area (TPSA) is 12.0 Å². The molecule has 0 bridgehead atoms. The van der Waals surface area contributed by atoms with Gasteiger partial charge in [0, 0.05) is 17.1 Å². The van der Waals surface area contributed by atoms with Gasteiger partial charge in [0.2, 0.25) is 0 Å². The molecule has 2 aliphatic rings. The Balaban J connectivity index is 1.69. The van der Waals surface area contributed by atoms with Gasteiger partial charge in [-0.1, -0.05) is 30.7 Å². The molecule has 0 saturated heterocycles. The van der Waals surface area contributed by atoms with E-state index in [2.05, 4.69) is 24.4 Å². The largest absolute Gasteiger partial charge is 0.307 e. The van der Waals surface area contributed by atoms with Crippen LogP contribution in [0.5, 0.6) is 0 Å². The molecule has 0 radical (unpaired) electrons. The Kier molecular flexibility index (Phi) is 3.63. The summed E-state index contributed by atoms with van der Waals surface area (Å²) in [4.78, 5) is 0. The van der Waals surface area contributed by atoms with Crippen LogP contribution in [0.3, 0.4) is 0 Å². The molecule has 18 heavy (non-hydrogen) atoms. The minimum Gasteiger partial charge on any atom is -0.307 e. The number of benzene rings is 1. The molecular formula is C16H22ClN. The van der Waals surface area contributed by atoms with Crippen LogP contribution in [0, 0.1) is 11.8 Å². The highest BCUT2D eigenvalue weighted by Gasteiger charge is 2.41. The van der Waals surface area contributed by atoms with Gasteiger partial charge in [-0.2, -0.15) is 0 Å². The van der Waals surface area contributed by atoms with E-state index in [0.29, 0.717) is 6.04 Å². The van der Waals surface area contributed by atoms with E-state index in [1.54, 1.807) is 0 Å². The first-order chi connectivity index (χ1) is 8.78. The lowest BCUT2D eigenvalue weighted by Gasteiger charge is -2.25. The quantitative estimate of drug-likeness (QED) is 0.793. The van der Waals surface area contributed by atoms with Crippen LogP contribution in [0.25, 0.3) is 0 Å². The molecule has 0 heterocycles. The average molecular weight is 264 g/mol. The maximum atomic E-state index is 5.97. The molecule has 1 aromatic rings. The fourth-order valence-corrected chi connectivity index (χ4v) is 3.07. The first-order valence-electron chi connectivity index (χ1n) is 7.29. The summed E-state index contributed by atoms with van der Waals surface area (Å²) in [7, 11) is 0. The second-order valence-electron chi connectivity index (χ2n) is 5.88. The molecule has 1 aromatic carbocycles. The SMILES string of the molecule is CCC(NC(C1CC1)C1CC1)c1ccc(Cl)cc1. The number of hydrogen-bond acceptors (Lipinski definition) is 1. The summed E-state index contributed by atoms with van der Waals surface area (Å²) < 4.78 is 0. The maximum Gasteiger partial charge on any atom is 0.0406 e. The van der Waals surface area contributed by atoms with Gasteiger partial charge in [-0.3, -0.25) is 0 Å². The lowest BCUT2D eigenvalue weighted by molar-refractivity contribution is 0.359. The highest BCUT2D eigenvalue weighted by Crippen LogP contribution is 2.45. The van der Waals surface area contributed by atoms with Crippen molar-refractivity contribution in [1.82, 2.24) is 5.32 Å². The second kappa shape index (κ2) is 5.22. The Bertz CT molecular complexity index is 380. The minimum atomic E-state index is 0.494. The number of rotatable bonds is 6. The lowest BCUT2D eigenvalue weighted by Crippen LogP contribution is -2.36. The van der Waals surface area contributed by atoms with Gasteiger partial charge in [-0.05, 0) is 61.6 Å². The molecule has 0 aliphatic heterocycles. The van der Waals surface area contributed by atoms with Crippen LogP contribution in [-0.2, 0) is 0 Å². The van der Waals surface area contributed by atoms with Gasteiger partial charge in [0.25, 0.3) is 0 Å². The van der Waals surface area contributed by atoms with Crippen LogP contribution in [0.1, 0.15) is 50.6 Å². The Morgan fingerprint density at radius 3 is 2.11 bits per heavy atom. The number of nitrogens with one attached hydrogen (secondary N) is 1. The summed E-state index contributed by atoms with van der Waals surface area (Å²) in [5, 5.41) is 4.75. The van der Waals surface area contributed by atoms with Crippen molar-refractivity contribution in [2.24, 2.45) is 11.8 Å². The third-order valence-corrected chi connectivity index (χ3v) is 4.59. The van der Waals surface area contributed by atoms with Gasteiger partial charge < -0.3 is 5.32 Å². The third kappa shape index (κ3) is 2.89. The van der Waals surface area contributed by atoms with E-state index in [1.165, 1.54) is 31.2 Å². The standard InChI is InChI=1S/C16H22ClN/c1-2-15(11-7-9-14(17)10-8-11)18-16(12-3-4-12)13-5-6-13/h7-10,12-13,15-16,18H,2-6H2,1H3. The summed E-state index contributed by atoms with van der Waals surface area (Å²) in [6.45, 7) is 2.27. The molecule has 0 aromatic heterocycles. The molecule has 1 N–H and O–H groups in total. The molecule has 98 valence electrons. The van der Waals surface area contributed by atoms with Crippen molar-refractivity contribution >= 4 is 11.6 Å². The van der Waals surface area contributed by atoms with Crippen molar-refractivity contribution in [2.75, 3.05) is 0 Å². The highest BCUT2D eigenvalue weighted by molar-refractivity contribution is 6.30. The molecule has 2 saturated carbocycles. The number of halogens is 1. The summed E-state index contributed by atoms with van der Waals surface area (Å²) in [5.74, 6) is 1.91. The fraction of sp³-hybridized carbons (Fsp3) is 0.625. The van der Waals surface area contributed by atoms with E-state index in [-0.39, 0.29) is 0 Å². The van der Waals surface area contributed by atoms with Crippen molar-refractivity contribution in [3.05, 3.63) is 34.9 Å². The van der Waals surface area contributed by atoms with Crippen LogP contribution in [-0.4, -0.2) is 6.04 Å². The minimum absolute atomic E-state index is 0.494. The van der Waals surface area contributed by atoms with Crippen LogP contribution < -0.4 is 5.32 Å². The zero-order valence-electron chi connectivity index (χ0n) is 11.0. The van der Waals surface area contributed by atoms with Gasteiger partial charge in [0.15, 0.2) is 0 Å². The Morgan fingerprint density at radius 2 is 1.67 bits per heavy atom. The smallest absolute Gasteiger partial charge is 0.0406 e. The first kappa shape index (κ1) is 12.5. The van der Waals surface area contributed by atoms with E-state index < -0.39 is 0 Å². The molecule has 1 unspecified atom stereocenters. The van der Waals surface area contributed by atoms with E-state index in [9.17, 15) is 0 Å². The Hall–Kier alpha value is -0.530. The van der Waals surface area contributed by atoms with Crippen LogP contribution >= 0.6 is 11.6 Å². The molecule has 0 amide bonds. The summed E-state index contributed by atoms with van der Waals surface area (Å²) in [5.41, 5.74) is 1.38. The van der Waals surface area contributed by atoms with Gasteiger partial charge >= 0.3 is 0 Å². The van der Waals surface area contributed by atoms with Gasteiger partial charge in [-0.15, -0.1) is 0 Å². The van der Waals surface area contributed by atoms with Crippen molar-refractivity contribution in [3.63, 3.8) is 0 Å². The Morgan fingerprint density at radius 1 is 1.11 bits per heavy atom. The summed E-state index contributed by atoms with van der Waals surface area (Å²) in [6, 6.07) is 9.61. The molecule has 1 nitrogen and oxygen atoms in total. The first-order valence-corrected chi connectivity index (χ1v) is 7.67. The van der Waals surface area contributed by atoms with Crippen molar-refractivity contribution < 1.29 is 0 Å². The molecule has 3 rings (SSSR count). The van der Waals surface area contributed by atoms with Crippen LogP contribution in [0.15, 0.2) is 24.3 Å². The molecular weight excluding hydrogens is 242 g/mol. The van der Waals surface area contributed by atoms with Gasteiger partial charge in [-0.25, -0.2) is 0 Å². The van der Waals surface area contributed by atoms with Crippen molar-refractivity contribution in [2.45, 2.75) is 51.1 Å². The monoisotopic (exact) mass is 263 g/mol. The lowest BCUT2D eigenvalue weighted by atomic mass is 10.00. The molecule has 2 heteroatoms.